The summed E-state index contributed by atoms with van der Waals surface area (Å²) in [5, 5.41) is 0. The Balaban J connectivity index is 2.82. The monoisotopic (exact) mass is 194 g/mol. The van der Waals surface area contributed by atoms with Gasteiger partial charge in [0.25, 0.3) is 0 Å². The van der Waals surface area contributed by atoms with E-state index in [1.165, 1.54) is 0 Å². The van der Waals surface area contributed by atoms with Crippen molar-refractivity contribution in [3.8, 4) is 0 Å². The fraction of sp³-hybridized carbons (Fsp3) is 1.00. The van der Waals surface area contributed by atoms with Crippen LogP contribution in [0.3, 0.4) is 0 Å². The third-order valence-corrected chi connectivity index (χ3v) is 1.62. The van der Waals surface area contributed by atoms with Crippen LogP contribution in [-0.2, 0) is 9.47 Å². The summed E-state index contributed by atoms with van der Waals surface area (Å²) in [6, 6.07) is 0. The molecule has 0 unspecified atom stereocenters. The molecule has 12 heavy (non-hydrogen) atoms. The normalized spacial score (nSPS) is 11.0. The molecule has 0 aromatic carbocycles. The van der Waals surface area contributed by atoms with Crippen LogP contribution in [0, 0.1) is 0 Å². The molecule has 2 nitrogen and oxygen atoms in total. The van der Waals surface area contributed by atoms with E-state index in [1.54, 1.807) is 0 Å². The van der Waals surface area contributed by atoms with Gasteiger partial charge in [-0.05, 0) is 26.7 Å². The van der Waals surface area contributed by atoms with E-state index in [-0.39, 0.29) is 0 Å². The van der Waals surface area contributed by atoms with Crippen molar-refractivity contribution in [3.05, 3.63) is 0 Å². The maximum atomic E-state index is 5.50. The molecule has 0 aliphatic heterocycles. The van der Waals surface area contributed by atoms with Crippen LogP contribution in [0.5, 0.6) is 0 Å². The first-order valence-electron chi connectivity index (χ1n) is 4.52. The molecule has 0 N–H and O–H groups in total. The van der Waals surface area contributed by atoms with Crippen molar-refractivity contribution >= 4 is 11.6 Å². The largest absolute Gasteiger partial charge is 0.379 e. The van der Waals surface area contributed by atoms with E-state index >= 15 is 0 Å². The molecule has 0 fully saturated rings. The summed E-state index contributed by atoms with van der Waals surface area (Å²) < 4.78 is 10.6. The summed E-state index contributed by atoms with van der Waals surface area (Å²) in [5.74, 6) is 0.728. The fourth-order valence-electron chi connectivity index (χ4n) is 0.743. The Labute approximate surface area is 80.2 Å². The van der Waals surface area contributed by atoms with E-state index in [9.17, 15) is 0 Å². The van der Waals surface area contributed by atoms with Gasteiger partial charge in [-0.25, -0.2) is 0 Å². The van der Waals surface area contributed by atoms with Crippen LogP contribution in [0.25, 0.3) is 0 Å². The van der Waals surface area contributed by atoms with Crippen LogP contribution in [-0.4, -0.2) is 31.8 Å². The molecular weight excluding hydrogens is 176 g/mol. The minimum Gasteiger partial charge on any atom is -0.379 e. The molecule has 0 spiro atoms. The number of rotatable bonds is 8. The Morgan fingerprint density at radius 2 is 1.83 bits per heavy atom. The second-order valence-corrected chi connectivity index (χ2v) is 3.31. The average molecular weight is 195 g/mol. The minimum absolute atomic E-state index is 0.302. The highest BCUT2D eigenvalue weighted by molar-refractivity contribution is 6.17. The Hall–Kier alpha value is 0.210. The Morgan fingerprint density at radius 1 is 1.08 bits per heavy atom. The molecule has 0 atom stereocenters. The van der Waals surface area contributed by atoms with Gasteiger partial charge in [-0.3, -0.25) is 0 Å². The molecule has 0 aromatic rings. The van der Waals surface area contributed by atoms with Crippen molar-refractivity contribution < 1.29 is 9.47 Å². The Bertz CT molecular complexity index is 86.6. The zero-order valence-electron chi connectivity index (χ0n) is 8.01. The van der Waals surface area contributed by atoms with Gasteiger partial charge in [0.05, 0.1) is 19.3 Å². The molecule has 0 saturated heterocycles. The lowest BCUT2D eigenvalue weighted by Crippen LogP contribution is -2.10. The molecule has 74 valence electrons. The van der Waals surface area contributed by atoms with Gasteiger partial charge in [0, 0.05) is 12.5 Å². The van der Waals surface area contributed by atoms with Gasteiger partial charge in [-0.15, -0.1) is 11.6 Å². The maximum absolute atomic E-state index is 5.50. The molecule has 0 aromatic heterocycles. The molecule has 0 bridgehead atoms. The van der Waals surface area contributed by atoms with Crippen LogP contribution in [0.1, 0.15) is 26.7 Å². The number of halogens is 1. The molecule has 0 rings (SSSR count). The van der Waals surface area contributed by atoms with Gasteiger partial charge in [-0.1, -0.05) is 0 Å². The van der Waals surface area contributed by atoms with Gasteiger partial charge in [0.15, 0.2) is 0 Å². The molecule has 0 radical (unpaired) electrons. The summed E-state index contributed by atoms with van der Waals surface area (Å²) in [4.78, 5) is 0. The predicted octanol–water partition coefficient (Wildman–Crippen LogP) is 2.45. The van der Waals surface area contributed by atoms with Crippen LogP contribution < -0.4 is 0 Å². The third kappa shape index (κ3) is 10.2. The van der Waals surface area contributed by atoms with E-state index in [1.807, 2.05) is 13.8 Å². The second-order valence-electron chi connectivity index (χ2n) is 2.93. The van der Waals surface area contributed by atoms with Crippen LogP contribution in [0.15, 0.2) is 0 Å². The molecule has 0 saturated carbocycles. The van der Waals surface area contributed by atoms with Gasteiger partial charge in [-0.2, -0.15) is 0 Å². The highest BCUT2D eigenvalue weighted by atomic mass is 35.5. The topological polar surface area (TPSA) is 18.5 Å². The van der Waals surface area contributed by atoms with Crippen molar-refractivity contribution in [2.75, 3.05) is 25.7 Å². The maximum Gasteiger partial charge on any atom is 0.0703 e. The molecule has 3 heteroatoms. The number of alkyl halides is 1. The SMILES string of the molecule is CC(C)OCCOCCCCCl. The summed E-state index contributed by atoms with van der Waals surface area (Å²) in [6.45, 7) is 6.23. The standard InChI is InChI=1S/C9H19ClO2/c1-9(2)12-8-7-11-6-4-3-5-10/h9H,3-8H2,1-2H3. The summed E-state index contributed by atoms with van der Waals surface area (Å²) >= 11 is 5.50. The second kappa shape index (κ2) is 9.30. The first-order valence-corrected chi connectivity index (χ1v) is 5.06. The van der Waals surface area contributed by atoms with Crippen molar-refractivity contribution in [3.63, 3.8) is 0 Å². The number of hydrogen-bond acceptors (Lipinski definition) is 2. The first-order chi connectivity index (χ1) is 5.77. The number of unbranched alkanes of at least 4 members (excludes halogenated alkanes) is 1. The van der Waals surface area contributed by atoms with Crippen LogP contribution >= 0.6 is 11.6 Å². The molecule has 0 heterocycles. The third-order valence-electron chi connectivity index (χ3n) is 1.35. The van der Waals surface area contributed by atoms with Crippen molar-refractivity contribution in [2.24, 2.45) is 0 Å². The fourth-order valence-corrected chi connectivity index (χ4v) is 0.932. The lowest BCUT2D eigenvalue weighted by Gasteiger charge is -2.07. The van der Waals surface area contributed by atoms with E-state index in [0.29, 0.717) is 19.3 Å². The van der Waals surface area contributed by atoms with Gasteiger partial charge < -0.3 is 9.47 Å². The van der Waals surface area contributed by atoms with Gasteiger partial charge in [0.1, 0.15) is 0 Å². The minimum atomic E-state index is 0.302. The predicted molar refractivity (Wildman–Crippen MR) is 51.9 cm³/mol. The van der Waals surface area contributed by atoms with Crippen molar-refractivity contribution in [1.82, 2.24) is 0 Å². The van der Waals surface area contributed by atoms with Gasteiger partial charge in [0.2, 0.25) is 0 Å². The first kappa shape index (κ1) is 12.2. The smallest absolute Gasteiger partial charge is 0.0703 e. The zero-order valence-corrected chi connectivity index (χ0v) is 8.77. The lowest BCUT2D eigenvalue weighted by molar-refractivity contribution is 0.0190. The zero-order chi connectivity index (χ0) is 9.23. The molecule has 0 aliphatic carbocycles. The van der Waals surface area contributed by atoms with E-state index in [0.717, 1.165) is 25.3 Å². The lowest BCUT2D eigenvalue weighted by atomic mass is 10.4. The molecule has 0 aliphatic rings. The van der Waals surface area contributed by atoms with Gasteiger partial charge >= 0.3 is 0 Å². The average Bonchev–Trinajstić information content (AvgIpc) is 2.02. The van der Waals surface area contributed by atoms with E-state index in [4.69, 9.17) is 21.1 Å². The Morgan fingerprint density at radius 3 is 2.42 bits per heavy atom. The van der Waals surface area contributed by atoms with Crippen LogP contribution in [0.2, 0.25) is 0 Å². The summed E-state index contributed by atoms with van der Waals surface area (Å²) in [6.07, 6.45) is 2.38. The van der Waals surface area contributed by atoms with E-state index in [2.05, 4.69) is 0 Å². The molecular formula is C9H19ClO2. The van der Waals surface area contributed by atoms with Crippen molar-refractivity contribution in [2.45, 2.75) is 32.8 Å². The highest BCUT2D eigenvalue weighted by Crippen LogP contribution is 1.93. The number of hydrogen-bond donors (Lipinski definition) is 0. The summed E-state index contributed by atoms with van der Waals surface area (Å²) in [7, 11) is 0. The number of ether oxygens (including phenoxy) is 2. The quantitative estimate of drug-likeness (QED) is 0.437. The Kier molecular flexibility index (Phi) is 9.46. The van der Waals surface area contributed by atoms with E-state index < -0.39 is 0 Å². The summed E-state index contributed by atoms with van der Waals surface area (Å²) in [5.41, 5.74) is 0. The molecule has 0 amide bonds. The van der Waals surface area contributed by atoms with Crippen LogP contribution in [0.4, 0.5) is 0 Å². The highest BCUT2D eigenvalue weighted by Gasteiger charge is 1.92. The van der Waals surface area contributed by atoms with Crippen molar-refractivity contribution in [1.29, 1.82) is 0 Å².